The predicted molar refractivity (Wildman–Crippen MR) is 87.7 cm³/mol. The van der Waals surface area contributed by atoms with Crippen molar-refractivity contribution in [3.05, 3.63) is 39.0 Å². The molecule has 3 aromatic rings. The van der Waals surface area contributed by atoms with E-state index in [9.17, 15) is 9.18 Å². The molecule has 24 heavy (non-hydrogen) atoms. The zero-order valence-electron chi connectivity index (χ0n) is 12.3. The molecule has 1 N–H and O–H groups in total. The van der Waals surface area contributed by atoms with Crippen LogP contribution in [0.15, 0.2) is 41.6 Å². The maximum atomic E-state index is 13.4. The summed E-state index contributed by atoms with van der Waals surface area (Å²) in [7, 11) is 1.84. The van der Waals surface area contributed by atoms with E-state index < -0.39 is 11.6 Å². The number of nitrogens with zero attached hydrogens (tertiary/aromatic N) is 4. The smallest absolute Gasteiger partial charge is 0.319 e. The molecule has 0 radical (unpaired) electrons. The number of aromatic nitrogens is 4. The maximum Gasteiger partial charge on any atom is 0.446 e. The lowest BCUT2D eigenvalue weighted by Crippen LogP contribution is -2.14. The van der Waals surface area contributed by atoms with Gasteiger partial charge in [0.1, 0.15) is 5.82 Å². The summed E-state index contributed by atoms with van der Waals surface area (Å²) in [6.45, 7) is 0.757. The molecule has 2 aromatic heterocycles. The van der Waals surface area contributed by atoms with Crippen LogP contribution in [0.4, 0.5) is 4.39 Å². The standard InChI is InChI=1S/C13H11BrFN5O3S/c1-16-4-5-24-12-10(17-23-19-12)11-18-22-13(21)20(11)7-2-3-9(15)8(14)6-7/h2-3,6,16H,4-5H2,1H3. The molecule has 0 aliphatic carbocycles. The highest BCUT2D eigenvalue weighted by molar-refractivity contribution is 9.10. The van der Waals surface area contributed by atoms with Gasteiger partial charge in [-0.25, -0.2) is 18.4 Å². The summed E-state index contributed by atoms with van der Waals surface area (Å²) in [5.41, 5.74) is 0.654. The van der Waals surface area contributed by atoms with Crippen LogP contribution >= 0.6 is 27.7 Å². The molecule has 3 rings (SSSR count). The fraction of sp³-hybridized carbons (Fsp3) is 0.231. The van der Waals surface area contributed by atoms with E-state index in [0.29, 0.717) is 10.7 Å². The van der Waals surface area contributed by atoms with Crippen molar-refractivity contribution in [1.82, 2.24) is 25.4 Å². The molecule has 126 valence electrons. The molecule has 0 aliphatic rings. The lowest BCUT2D eigenvalue weighted by atomic mass is 10.3. The average molecular weight is 416 g/mol. The Labute approximate surface area is 147 Å². The van der Waals surface area contributed by atoms with Crippen LogP contribution in [0.25, 0.3) is 17.2 Å². The molecule has 0 amide bonds. The van der Waals surface area contributed by atoms with Crippen molar-refractivity contribution >= 4 is 27.7 Å². The topological polar surface area (TPSA) is 99.0 Å². The molecule has 1 aromatic carbocycles. The van der Waals surface area contributed by atoms with E-state index in [-0.39, 0.29) is 16.0 Å². The monoisotopic (exact) mass is 415 g/mol. The average Bonchev–Trinajstić information content (AvgIpc) is 3.17. The minimum absolute atomic E-state index is 0.131. The number of benzene rings is 1. The van der Waals surface area contributed by atoms with Crippen molar-refractivity contribution in [3.63, 3.8) is 0 Å². The third-order valence-electron chi connectivity index (χ3n) is 3.03. The van der Waals surface area contributed by atoms with Gasteiger partial charge in [0.05, 0.1) is 10.2 Å². The number of hydrogen-bond donors (Lipinski definition) is 1. The highest BCUT2D eigenvalue weighted by atomic mass is 79.9. The first-order valence-corrected chi connectivity index (χ1v) is 8.54. The van der Waals surface area contributed by atoms with Gasteiger partial charge in [-0.3, -0.25) is 4.52 Å². The van der Waals surface area contributed by atoms with Gasteiger partial charge >= 0.3 is 5.76 Å². The van der Waals surface area contributed by atoms with Crippen LogP contribution < -0.4 is 11.1 Å². The lowest BCUT2D eigenvalue weighted by Gasteiger charge is -2.04. The summed E-state index contributed by atoms with van der Waals surface area (Å²) in [5, 5.41) is 14.9. The van der Waals surface area contributed by atoms with Crippen molar-refractivity contribution in [2.24, 2.45) is 0 Å². The second-order valence-electron chi connectivity index (χ2n) is 4.58. The Bertz CT molecular complexity index is 909. The van der Waals surface area contributed by atoms with Crippen LogP contribution in [-0.2, 0) is 0 Å². The normalized spacial score (nSPS) is 11.1. The molecule has 0 saturated heterocycles. The Morgan fingerprint density at radius 3 is 2.96 bits per heavy atom. The molecule has 0 atom stereocenters. The molecule has 0 unspecified atom stereocenters. The van der Waals surface area contributed by atoms with Crippen LogP contribution in [-0.4, -0.2) is 39.4 Å². The molecule has 0 fully saturated rings. The van der Waals surface area contributed by atoms with Gasteiger partial charge in [0.25, 0.3) is 0 Å². The van der Waals surface area contributed by atoms with E-state index in [1.165, 1.54) is 34.5 Å². The molecule has 0 aliphatic heterocycles. The molecule has 2 heterocycles. The molecule has 0 spiro atoms. The van der Waals surface area contributed by atoms with Crippen molar-refractivity contribution in [3.8, 4) is 17.2 Å². The van der Waals surface area contributed by atoms with Crippen LogP contribution in [0, 0.1) is 5.82 Å². The molecule has 8 nitrogen and oxygen atoms in total. The van der Waals surface area contributed by atoms with E-state index in [1.807, 2.05) is 7.05 Å². The fourth-order valence-electron chi connectivity index (χ4n) is 1.91. The van der Waals surface area contributed by atoms with E-state index >= 15 is 0 Å². The van der Waals surface area contributed by atoms with Crippen LogP contribution in [0.2, 0.25) is 0 Å². The number of halogens is 2. The summed E-state index contributed by atoms with van der Waals surface area (Å²) in [4.78, 5) is 12.0. The van der Waals surface area contributed by atoms with Gasteiger partial charge in [0.2, 0.25) is 5.82 Å². The summed E-state index contributed by atoms with van der Waals surface area (Å²) >= 11 is 4.48. The maximum absolute atomic E-state index is 13.4. The zero-order valence-corrected chi connectivity index (χ0v) is 14.7. The van der Waals surface area contributed by atoms with Crippen molar-refractivity contribution in [1.29, 1.82) is 0 Å². The first-order valence-electron chi connectivity index (χ1n) is 6.76. The first kappa shape index (κ1) is 16.9. The second kappa shape index (κ2) is 7.28. The van der Waals surface area contributed by atoms with Gasteiger partial charge in [-0.05, 0) is 51.5 Å². The summed E-state index contributed by atoms with van der Waals surface area (Å²) in [6, 6.07) is 4.11. The highest BCUT2D eigenvalue weighted by Gasteiger charge is 2.23. The Balaban J connectivity index is 2.04. The Kier molecular flexibility index (Phi) is 5.11. The summed E-state index contributed by atoms with van der Waals surface area (Å²) in [6.07, 6.45) is 0. The zero-order chi connectivity index (χ0) is 17.1. The Morgan fingerprint density at radius 1 is 1.38 bits per heavy atom. The number of thioether (sulfide) groups is 1. The third kappa shape index (κ3) is 3.28. The van der Waals surface area contributed by atoms with E-state index in [2.05, 4.69) is 36.7 Å². The fourth-order valence-corrected chi connectivity index (χ4v) is 3.13. The quantitative estimate of drug-likeness (QED) is 0.482. The van der Waals surface area contributed by atoms with Crippen LogP contribution in [0.5, 0.6) is 0 Å². The van der Waals surface area contributed by atoms with E-state index in [1.54, 1.807) is 0 Å². The van der Waals surface area contributed by atoms with Crippen molar-refractivity contribution < 1.29 is 13.5 Å². The minimum atomic E-state index is -0.724. The molecule has 0 bridgehead atoms. The van der Waals surface area contributed by atoms with Crippen molar-refractivity contribution in [2.75, 3.05) is 19.3 Å². The molecule has 11 heteroatoms. The SMILES string of the molecule is CNCCSc1nonc1-c1noc(=O)n1-c1ccc(F)c(Br)c1. The first-order chi connectivity index (χ1) is 11.6. The molecular weight excluding hydrogens is 405 g/mol. The van der Waals surface area contributed by atoms with Gasteiger partial charge in [0.15, 0.2) is 10.7 Å². The van der Waals surface area contributed by atoms with Crippen LogP contribution in [0.3, 0.4) is 0 Å². The van der Waals surface area contributed by atoms with Gasteiger partial charge < -0.3 is 5.32 Å². The van der Waals surface area contributed by atoms with E-state index in [0.717, 1.165) is 12.3 Å². The van der Waals surface area contributed by atoms with E-state index in [4.69, 9.17) is 9.15 Å². The predicted octanol–water partition coefficient (Wildman–Crippen LogP) is 2.09. The van der Waals surface area contributed by atoms with Gasteiger partial charge in [-0.1, -0.05) is 16.9 Å². The van der Waals surface area contributed by atoms with Crippen LogP contribution in [0.1, 0.15) is 0 Å². The number of rotatable bonds is 6. The summed E-state index contributed by atoms with van der Waals surface area (Å²) in [5.74, 6) is -0.317. The largest absolute Gasteiger partial charge is 0.446 e. The highest BCUT2D eigenvalue weighted by Crippen LogP contribution is 2.28. The molecular formula is C13H11BrFN5O3S. The van der Waals surface area contributed by atoms with Gasteiger partial charge in [-0.2, -0.15) is 0 Å². The Hall–Kier alpha value is -1.98. The number of hydrogen-bond acceptors (Lipinski definition) is 8. The lowest BCUT2D eigenvalue weighted by molar-refractivity contribution is 0.299. The second-order valence-corrected chi connectivity index (χ2v) is 6.51. The third-order valence-corrected chi connectivity index (χ3v) is 4.58. The van der Waals surface area contributed by atoms with Gasteiger partial charge in [0, 0.05) is 12.3 Å². The summed E-state index contributed by atoms with van der Waals surface area (Å²) < 4.78 is 24.3. The number of nitrogens with one attached hydrogen (secondary N) is 1. The van der Waals surface area contributed by atoms with Gasteiger partial charge in [-0.15, -0.1) is 0 Å². The van der Waals surface area contributed by atoms with Crippen molar-refractivity contribution in [2.45, 2.75) is 5.03 Å². The Morgan fingerprint density at radius 2 is 2.21 bits per heavy atom. The minimum Gasteiger partial charge on any atom is -0.319 e. The molecule has 0 saturated carbocycles.